The second-order valence-corrected chi connectivity index (χ2v) is 4.80. The maximum atomic E-state index is 12.7. The number of rotatable bonds is 1. The first-order valence-electron chi connectivity index (χ1n) is 6.03. The Morgan fingerprint density at radius 2 is 2.00 bits per heavy atom. The quantitative estimate of drug-likeness (QED) is 0.778. The molecule has 2 rings (SSSR count). The van der Waals surface area contributed by atoms with E-state index in [0.717, 1.165) is 17.1 Å². The van der Waals surface area contributed by atoms with Crippen LogP contribution in [0.2, 0.25) is 0 Å². The molecular formula is C13H14F3N3O. The van der Waals surface area contributed by atoms with Crippen LogP contribution in [0.5, 0.6) is 0 Å². The average molecular weight is 285 g/mol. The molecule has 2 amide bonds. The first-order valence-corrected chi connectivity index (χ1v) is 6.03. The van der Waals surface area contributed by atoms with Crippen molar-refractivity contribution in [1.82, 2.24) is 5.01 Å². The number of carbonyl (C=O) groups is 1. The van der Waals surface area contributed by atoms with Crippen molar-refractivity contribution in [1.29, 1.82) is 0 Å². The Hall–Kier alpha value is -2.05. The monoisotopic (exact) mass is 285 g/mol. The van der Waals surface area contributed by atoms with Gasteiger partial charge in [-0.3, -0.25) is 0 Å². The second kappa shape index (κ2) is 4.81. The highest BCUT2D eigenvalue weighted by Gasteiger charge is 2.35. The standard InChI is InChI=1S/C13H14F3N3O/c1-7(2)18-19-8(3)10-6-9(13(14,15)16)4-5-11(10)17-12(19)20/h4-6,8H,1-3H3,(H,17,20). The normalized spacial score (nSPS) is 18.4. The molecule has 0 fully saturated rings. The lowest BCUT2D eigenvalue weighted by Crippen LogP contribution is -2.38. The van der Waals surface area contributed by atoms with Gasteiger partial charge in [-0.05, 0) is 39.0 Å². The maximum Gasteiger partial charge on any atom is 0.416 e. The summed E-state index contributed by atoms with van der Waals surface area (Å²) < 4.78 is 38.2. The van der Waals surface area contributed by atoms with Crippen molar-refractivity contribution in [2.24, 2.45) is 5.10 Å². The molecule has 7 heteroatoms. The fourth-order valence-corrected chi connectivity index (χ4v) is 2.03. The molecular weight excluding hydrogens is 271 g/mol. The van der Waals surface area contributed by atoms with Gasteiger partial charge in [-0.2, -0.15) is 18.3 Å². The van der Waals surface area contributed by atoms with Crippen molar-refractivity contribution in [3.05, 3.63) is 29.3 Å². The van der Waals surface area contributed by atoms with Crippen molar-refractivity contribution in [3.63, 3.8) is 0 Å². The predicted octanol–water partition coefficient (Wildman–Crippen LogP) is 4.01. The summed E-state index contributed by atoms with van der Waals surface area (Å²) in [7, 11) is 0. The van der Waals surface area contributed by atoms with Crippen LogP contribution in [0.3, 0.4) is 0 Å². The molecule has 0 spiro atoms. The van der Waals surface area contributed by atoms with E-state index in [-0.39, 0.29) is 0 Å². The highest BCUT2D eigenvalue weighted by molar-refractivity contribution is 5.94. The summed E-state index contributed by atoms with van der Waals surface area (Å²) in [5, 5.41) is 7.73. The summed E-state index contributed by atoms with van der Waals surface area (Å²) in [6.45, 7) is 5.06. The first kappa shape index (κ1) is 14.4. The van der Waals surface area contributed by atoms with Gasteiger partial charge in [0.2, 0.25) is 0 Å². The number of hydrazone groups is 1. The van der Waals surface area contributed by atoms with Gasteiger partial charge < -0.3 is 5.32 Å². The summed E-state index contributed by atoms with van der Waals surface area (Å²) in [6.07, 6.45) is -4.41. The van der Waals surface area contributed by atoms with E-state index in [1.54, 1.807) is 20.8 Å². The van der Waals surface area contributed by atoms with E-state index >= 15 is 0 Å². The second-order valence-electron chi connectivity index (χ2n) is 4.80. The molecule has 0 saturated heterocycles. The van der Waals surface area contributed by atoms with Crippen LogP contribution in [0, 0.1) is 0 Å². The van der Waals surface area contributed by atoms with E-state index in [1.807, 2.05) is 0 Å². The number of fused-ring (bicyclic) bond motifs is 1. The number of nitrogens with one attached hydrogen (secondary N) is 1. The van der Waals surface area contributed by atoms with Gasteiger partial charge in [-0.25, -0.2) is 9.80 Å². The number of carbonyl (C=O) groups excluding carboxylic acids is 1. The molecule has 1 aromatic rings. The van der Waals surface area contributed by atoms with Crippen LogP contribution in [0.4, 0.5) is 23.7 Å². The molecule has 1 atom stereocenters. The fraction of sp³-hybridized carbons (Fsp3) is 0.385. The number of benzene rings is 1. The van der Waals surface area contributed by atoms with Gasteiger partial charge in [0.15, 0.2) is 0 Å². The Labute approximate surface area is 114 Å². The molecule has 20 heavy (non-hydrogen) atoms. The Morgan fingerprint density at radius 3 is 2.55 bits per heavy atom. The third-order valence-electron chi connectivity index (χ3n) is 2.95. The summed E-state index contributed by atoms with van der Waals surface area (Å²) >= 11 is 0. The van der Waals surface area contributed by atoms with E-state index in [9.17, 15) is 18.0 Å². The Morgan fingerprint density at radius 1 is 1.35 bits per heavy atom. The van der Waals surface area contributed by atoms with Crippen LogP contribution in [0.15, 0.2) is 23.3 Å². The zero-order valence-corrected chi connectivity index (χ0v) is 11.2. The van der Waals surface area contributed by atoms with Crippen molar-refractivity contribution in [3.8, 4) is 0 Å². The minimum Gasteiger partial charge on any atom is -0.306 e. The van der Waals surface area contributed by atoms with Gasteiger partial charge in [0.1, 0.15) is 0 Å². The van der Waals surface area contributed by atoms with Crippen molar-refractivity contribution in [2.45, 2.75) is 33.0 Å². The van der Waals surface area contributed by atoms with Crippen LogP contribution in [-0.4, -0.2) is 16.8 Å². The highest BCUT2D eigenvalue weighted by Crippen LogP contribution is 2.38. The zero-order chi connectivity index (χ0) is 15.1. The predicted molar refractivity (Wildman–Crippen MR) is 69.5 cm³/mol. The smallest absolute Gasteiger partial charge is 0.306 e. The summed E-state index contributed by atoms with van der Waals surface area (Å²) in [5.74, 6) is 0. The van der Waals surface area contributed by atoms with Gasteiger partial charge in [0.25, 0.3) is 0 Å². The molecule has 0 aliphatic carbocycles. The molecule has 1 unspecified atom stereocenters. The molecule has 1 heterocycles. The van der Waals surface area contributed by atoms with Crippen molar-refractivity contribution >= 4 is 17.4 Å². The van der Waals surface area contributed by atoms with E-state index in [2.05, 4.69) is 10.4 Å². The summed E-state index contributed by atoms with van der Waals surface area (Å²) in [5.41, 5.74) is 0.680. The fourth-order valence-electron chi connectivity index (χ4n) is 2.03. The molecule has 1 aromatic carbocycles. The molecule has 0 bridgehead atoms. The number of hydrogen-bond donors (Lipinski definition) is 1. The molecule has 0 radical (unpaired) electrons. The third kappa shape index (κ3) is 2.61. The van der Waals surface area contributed by atoms with Gasteiger partial charge in [0, 0.05) is 17.0 Å². The van der Waals surface area contributed by atoms with E-state index in [1.165, 1.54) is 6.07 Å². The van der Waals surface area contributed by atoms with Crippen LogP contribution < -0.4 is 5.32 Å². The van der Waals surface area contributed by atoms with E-state index < -0.39 is 23.8 Å². The van der Waals surface area contributed by atoms with Gasteiger partial charge >= 0.3 is 12.2 Å². The number of anilines is 1. The minimum atomic E-state index is -4.41. The topological polar surface area (TPSA) is 44.7 Å². The molecule has 108 valence electrons. The largest absolute Gasteiger partial charge is 0.416 e. The minimum absolute atomic E-state index is 0.385. The number of hydrogen-bond acceptors (Lipinski definition) is 2. The van der Waals surface area contributed by atoms with Gasteiger partial charge in [-0.1, -0.05) is 0 Å². The number of amides is 2. The Bertz CT molecular complexity index is 577. The van der Waals surface area contributed by atoms with Gasteiger partial charge in [-0.15, -0.1) is 0 Å². The number of halogens is 3. The summed E-state index contributed by atoms with van der Waals surface area (Å²) in [6, 6.07) is 2.26. The van der Waals surface area contributed by atoms with E-state index in [0.29, 0.717) is 17.0 Å². The number of alkyl halides is 3. The van der Waals surface area contributed by atoms with Crippen LogP contribution in [0.25, 0.3) is 0 Å². The lowest BCUT2D eigenvalue weighted by atomic mass is 10.0. The van der Waals surface area contributed by atoms with Gasteiger partial charge in [0.05, 0.1) is 11.6 Å². The van der Waals surface area contributed by atoms with Crippen LogP contribution in [0.1, 0.15) is 37.9 Å². The molecule has 0 saturated carbocycles. The number of nitrogens with zero attached hydrogens (tertiary/aromatic N) is 2. The van der Waals surface area contributed by atoms with Crippen molar-refractivity contribution < 1.29 is 18.0 Å². The molecule has 0 aromatic heterocycles. The summed E-state index contributed by atoms with van der Waals surface area (Å²) in [4.78, 5) is 11.9. The Kier molecular flexibility index (Phi) is 3.45. The zero-order valence-electron chi connectivity index (χ0n) is 11.2. The number of urea groups is 1. The van der Waals surface area contributed by atoms with Crippen LogP contribution >= 0.6 is 0 Å². The van der Waals surface area contributed by atoms with E-state index in [4.69, 9.17) is 0 Å². The molecule has 1 aliphatic rings. The van der Waals surface area contributed by atoms with Crippen molar-refractivity contribution in [2.75, 3.05) is 5.32 Å². The third-order valence-corrected chi connectivity index (χ3v) is 2.95. The molecule has 1 aliphatic heterocycles. The maximum absolute atomic E-state index is 12.7. The highest BCUT2D eigenvalue weighted by atomic mass is 19.4. The Balaban J connectivity index is 2.47. The lowest BCUT2D eigenvalue weighted by Gasteiger charge is -2.32. The SMILES string of the molecule is CC(C)=NN1C(=O)Nc2ccc(C(F)(F)F)cc2C1C. The lowest BCUT2D eigenvalue weighted by molar-refractivity contribution is -0.137. The first-order chi connectivity index (χ1) is 9.20. The van der Waals surface area contributed by atoms with Crippen LogP contribution in [-0.2, 0) is 6.18 Å². The molecule has 1 N–H and O–H groups in total. The molecule has 4 nitrogen and oxygen atoms in total. The average Bonchev–Trinajstić information content (AvgIpc) is 2.32.